The summed E-state index contributed by atoms with van der Waals surface area (Å²) in [5.41, 5.74) is 1.28. The van der Waals surface area contributed by atoms with Crippen molar-refractivity contribution in [2.75, 3.05) is 26.7 Å². The van der Waals surface area contributed by atoms with Crippen molar-refractivity contribution < 1.29 is 0 Å². The van der Waals surface area contributed by atoms with Crippen molar-refractivity contribution in [1.82, 2.24) is 20.0 Å². The Kier molecular flexibility index (Phi) is 4.18. The van der Waals surface area contributed by atoms with Crippen molar-refractivity contribution in [2.45, 2.75) is 25.8 Å². The van der Waals surface area contributed by atoms with Gasteiger partial charge in [-0.15, -0.1) is 0 Å². The number of aryl methyl sites for hydroxylation is 1. The Balaban J connectivity index is 1.74. The monoisotopic (exact) mass is 236 g/mol. The van der Waals surface area contributed by atoms with Gasteiger partial charge in [0.25, 0.3) is 0 Å². The Morgan fingerprint density at radius 3 is 2.71 bits per heavy atom. The number of aromatic nitrogens is 2. The van der Waals surface area contributed by atoms with Gasteiger partial charge in [0.15, 0.2) is 0 Å². The van der Waals surface area contributed by atoms with Crippen molar-refractivity contribution in [3.05, 3.63) is 18.0 Å². The quantitative estimate of drug-likeness (QED) is 0.858. The highest BCUT2D eigenvalue weighted by atomic mass is 15.2. The van der Waals surface area contributed by atoms with Crippen LogP contribution in [0.2, 0.25) is 0 Å². The highest BCUT2D eigenvalue weighted by Gasteiger charge is 2.17. The van der Waals surface area contributed by atoms with E-state index in [1.807, 2.05) is 17.9 Å². The molecule has 2 heterocycles. The molecule has 0 amide bonds. The first-order valence-electron chi connectivity index (χ1n) is 6.55. The van der Waals surface area contributed by atoms with Crippen molar-refractivity contribution in [3.63, 3.8) is 0 Å². The molecule has 0 bridgehead atoms. The number of piperidine rings is 1. The summed E-state index contributed by atoms with van der Waals surface area (Å²) in [5.74, 6) is 0.838. The van der Waals surface area contributed by atoms with Crippen LogP contribution in [0.4, 0.5) is 0 Å². The first-order chi connectivity index (χ1) is 8.15. The molecule has 1 saturated heterocycles. The fourth-order valence-corrected chi connectivity index (χ4v) is 2.39. The lowest BCUT2D eigenvalue weighted by molar-refractivity contribution is 0.213. The summed E-state index contributed by atoms with van der Waals surface area (Å²) >= 11 is 0. The van der Waals surface area contributed by atoms with Crippen molar-refractivity contribution >= 4 is 0 Å². The summed E-state index contributed by atoms with van der Waals surface area (Å²) in [6.07, 6.45) is 6.69. The van der Waals surface area contributed by atoms with Gasteiger partial charge < -0.3 is 10.2 Å². The van der Waals surface area contributed by atoms with E-state index in [-0.39, 0.29) is 0 Å². The van der Waals surface area contributed by atoms with E-state index in [0.29, 0.717) is 6.04 Å². The van der Waals surface area contributed by atoms with Gasteiger partial charge in [-0.05, 0) is 52.4 Å². The van der Waals surface area contributed by atoms with Crippen LogP contribution < -0.4 is 5.32 Å². The van der Waals surface area contributed by atoms with E-state index >= 15 is 0 Å². The van der Waals surface area contributed by atoms with E-state index in [1.54, 1.807) is 0 Å². The average Bonchev–Trinajstić information content (AvgIpc) is 2.75. The third-order valence-electron chi connectivity index (χ3n) is 3.78. The first-order valence-corrected chi connectivity index (χ1v) is 6.55. The Bertz CT molecular complexity index is 339. The highest BCUT2D eigenvalue weighted by Crippen LogP contribution is 2.17. The summed E-state index contributed by atoms with van der Waals surface area (Å²) in [6.45, 7) is 5.83. The van der Waals surface area contributed by atoms with Crippen LogP contribution in [0.5, 0.6) is 0 Å². The fraction of sp³-hybridized carbons (Fsp3) is 0.769. The lowest BCUT2D eigenvalue weighted by atomic mass is 9.97. The molecule has 0 saturated carbocycles. The van der Waals surface area contributed by atoms with Crippen LogP contribution in [-0.4, -0.2) is 41.4 Å². The molecule has 96 valence electrons. The smallest absolute Gasteiger partial charge is 0.0537 e. The normalized spacial score (nSPS) is 20.6. The molecular formula is C13H24N4. The van der Waals surface area contributed by atoms with Crippen LogP contribution in [0.25, 0.3) is 0 Å². The van der Waals surface area contributed by atoms with Crippen LogP contribution in [0.3, 0.4) is 0 Å². The SMILES string of the molecule is CC(NCC1CCN(C)CC1)c1cnn(C)c1. The largest absolute Gasteiger partial charge is 0.310 e. The second-order valence-corrected chi connectivity index (χ2v) is 5.32. The van der Waals surface area contributed by atoms with E-state index < -0.39 is 0 Å². The van der Waals surface area contributed by atoms with Crippen molar-refractivity contribution in [3.8, 4) is 0 Å². The Morgan fingerprint density at radius 2 is 2.12 bits per heavy atom. The van der Waals surface area contributed by atoms with Gasteiger partial charge in [-0.25, -0.2) is 0 Å². The van der Waals surface area contributed by atoms with E-state index in [0.717, 1.165) is 12.5 Å². The summed E-state index contributed by atoms with van der Waals surface area (Å²) < 4.78 is 1.86. The summed E-state index contributed by atoms with van der Waals surface area (Å²) in [6, 6.07) is 0.406. The van der Waals surface area contributed by atoms with Gasteiger partial charge in [0.1, 0.15) is 0 Å². The number of hydrogen-bond acceptors (Lipinski definition) is 3. The van der Waals surface area contributed by atoms with Crippen LogP contribution in [-0.2, 0) is 7.05 Å². The molecule has 1 aromatic heterocycles. The van der Waals surface area contributed by atoms with Crippen LogP contribution in [0.15, 0.2) is 12.4 Å². The van der Waals surface area contributed by atoms with Crippen molar-refractivity contribution in [2.24, 2.45) is 13.0 Å². The molecule has 0 aromatic carbocycles. The molecule has 1 atom stereocenters. The average molecular weight is 236 g/mol. The summed E-state index contributed by atoms with van der Waals surface area (Å²) in [7, 11) is 4.18. The molecule has 4 nitrogen and oxygen atoms in total. The fourth-order valence-electron chi connectivity index (χ4n) is 2.39. The predicted octanol–water partition coefficient (Wildman–Crippen LogP) is 1.41. The van der Waals surface area contributed by atoms with Crippen LogP contribution in [0, 0.1) is 5.92 Å². The highest BCUT2D eigenvalue weighted by molar-refractivity contribution is 5.08. The molecule has 4 heteroatoms. The maximum atomic E-state index is 4.21. The molecule has 17 heavy (non-hydrogen) atoms. The van der Waals surface area contributed by atoms with E-state index in [1.165, 1.54) is 31.5 Å². The number of rotatable bonds is 4. The molecule has 1 aromatic rings. The van der Waals surface area contributed by atoms with E-state index in [4.69, 9.17) is 0 Å². The minimum absolute atomic E-state index is 0.406. The molecule has 0 spiro atoms. The molecular weight excluding hydrogens is 212 g/mol. The zero-order valence-electron chi connectivity index (χ0n) is 11.2. The van der Waals surface area contributed by atoms with Gasteiger partial charge >= 0.3 is 0 Å². The number of likely N-dealkylation sites (tertiary alicyclic amines) is 1. The maximum absolute atomic E-state index is 4.21. The molecule has 1 aliphatic rings. The third-order valence-corrected chi connectivity index (χ3v) is 3.78. The van der Waals surface area contributed by atoms with Gasteiger partial charge in [0, 0.05) is 24.8 Å². The zero-order valence-corrected chi connectivity index (χ0v) is 11.2. The molecule has 1 unspecified atom stereocenters. The number of nitrogens with zero attached hydrogens (tertiary/aromatic N) is 3. The van der Waals surface area contributed by atoms with Crippen molar-refractivity contribution in [1.29, 1.82) is 0 Å². The molecule has 0 aliphatic carbocycles. The first kappa shape index (κ1) is 12.6. The van der Waals surface area contributed by atoms with Gasteiger partial charge in [-0.3, -0.25) is 4.68 Å². The minimum atomic E-state index is 0.406. The van der Waals surface area contributed by atoms with Gasteiger partial charge in [-0.2, -0.15) is 5.10 Å². The lowest BCUT2D eigenvalue weighted by Crippen LogP contribution is -2.35. The zero-order chi connectivity index (χ0) is 12.3. The second kappa shape index (κ2) is 5.65. The Hall–Kier alpha value is -0.870. The second-order valence-electron chi connectivity index (χ2n) is 5.32. The number of hydrogen-bond donors (Lipinski definition) is 1. The molecule has 1 aliphatic heterocycles. The maximum Gasteiger partial charge on any atom is 0.0537 e. The van der Waals surface area contributed by atoms with E-state index in [2.05, 4.69) is 35.5 Å². The minimum Gasteiger partial charge on any atom is -0.310 e. The predicted molar refractivity (Wildman–Crippen MR) is 69.8 cm³/mol. The van der Waals surface area contributed by atoms with Gasteiger partial charge in [-0.1, -0.05) is 0 Å². The number of nitrogens with one attached hydrogen (secondary N) is 1. The Morgan fingerprint density at radius 1 is 1.41 bits per heavy atom. The van der Waals surface area contributed by atoms with Gasteiger partial charge in [0.2, 0.25) is 0 Å². The lowest BCUT2D eigenvalue weighted by Gasteiger charge is -2.29. The summed E-state index contributed by atoms with van der Waals surface area (Å²) in [5, 5.41) is 7.84. The molecule has 2 rings (SSSR count). The van der Waals surface area contributed by atoms with E-state index in [9.17, 15) is 0 Å². The Labute approximate surface area is 104 Å². The summed E-state index contributed by atoms with van der Waals surface area (Å²) in [4.78, 5) is 2.42. The molecule has 0 radical (unpaired) electrons. The molecule has 1 fully saturated rings. The van der Waals surface area contributed by atoms with Gasteiger partial charge in [0.05, 0.1) is 6.20 Å². The van der Waals surface area contributed by atoms with Crippen LogP contribution in [0.1, 0.15) is 31.4 Å². The standard InChI is InChI=1S/C13H24N4/c1-11(13-9-15-17(3)10-13)14-8-12-4-6-16(2)7-5-12/h9-12,14H,4-8H2,1-3H3. The topological polar surface area (TPSA) is 33.1 Å². The third kappa shape index (κ3) is 3.54. The van der Waals surface area contributed by atoms with Crippen LogP contribution >= 0.6 is 0 Å². The molecule has 1 N–H and O–H groups in total.